The average molecular weight is 269 g/mol. The van der Waals surface area contributed by atoms with E-state index < -0.39 is 0 Å². The predicted molar refractivity (Wildman–Crippen MR) is 65.9 cm³/mol. The highest BCUT2D eigenvalue weighted by atomic mass is 32.1. The number of nitrogens with zero attached hydrogens (tertiary/aromatic N) is 1. The van der Waals surface area contributed by atoms with Gasteiger partial charge >= 0.3 is 0 Å². The standard InChI is InChI=1S/C12H15NO4S/c14-6-8-3-11(15)13(4-8)5-10-12-9(7-18-10)16-1-2-17-12/h7-8,14H,1-6H2. The van der Waals surface area contributed by atoms with Crippen LogP contribution < -0.4 is 9.47 Å². The van der Waals surface area contributed by atoms with Crippen molar-refractivity contribution in [3.63, 3.8) is 0 Å². The van der Waals surface area contributed by atoms with Crippen molar-refractivity contribution in [2.24, 2.45) is 5.92 Å². The van der Waals surface area contributed by atoms with E-state index in [1.165, 1.54) is 0 Å². The van der Waals surface area contributed by atoms with E-state index in [1.54, 1.807) is 16.2 Å². The zero-order valence-corrected chi connectivity index (χ0v) is 10.7. The van der Waals surface area contributed by atoms with Crippen LogP contribution in [0.25, 0.3) is 0 Å². The van der Waals surface area contributed by atoms with Gasteiger partial charge in [0.1, 0.15) is 13.2 Å². The number of carbonyl (C=O) groups is 1. The zero-order chi connectivity index (χ0) is 12.5. The fraction of sp³-hybridized carbons (Fsp3) is 0.583. The number of hydrogen-bond acceptors (Lipinski definition) is 5. The minimum atomic E-state index is 0.0738. The van der Waals surface area contributed by atoms with Crippen molar-refractivity contribution in [3.05, 3.63) is 10.3 Å². The highest BCUT2D eigenvalue weighted by molar-refractivity contribution is 7.10. The second-order valence-electron chi connectivity index (χ2n) is 4.58. The molecule has 1 amide bonds. The Morgan fingerprint density at radius 2 is 2.28 bits per heavy atom. The molecule has 1 saturated heterocycles. The van der Waals surface area contributed by atoms with E-state index in [-0.39, 0.29) is 18.4 Å². The fourth-order valence-corrected chi connectivity index (χ4v) is 3.25. The van der Waals surface area contributed by atoms with Crippen molar-refractivity contribution in [1.82, 2.24) is 4.90 Å². The Kier molecular flexibility index (Phi) is 3.13. The van der Waals surface area contributed by atoms with E-state index in [4.69, 9.17) is 14.6 Å². The van der Waals surface area contributed by atoms with E-state index in [1.807, 2.05) is 5.38 Å². The largest absolute Gasteiger partial charge is 0.485 e. The third kappa shape index (κ3) is 2.06. The molecule has 1 aromatic rings. The summed E-state index contributed by atoms with van der Waals surface area (Å²) in [5, 5.41) is 11.0. The molecule has 98 valence electrons. The van der Waals surface area contributed by atoms with Gasteiger partial charge in [-0.15, -0.1) is 11.3 Å². The van der Waals surface area contributed by atoms with E-state index in [0.29, 0.717) is 32.7 Å². The number of rotatable bonds is 3. The molecular weight excluding hydrogens is 254 g/mol. The topological polar surface area (TPSA) is 59.0 Å². The zero-order valence-electron chi connectivity index (χ0n) is 9.92. The van der Waals surface area contributed by atoms with E-state index in [0.717, 1.165) is 16.4 Å². The Morgan fingerprint density at radius 1 is 1.44 bits per heavy atom. The molecule has 3 rings (SSSR count). The Balaban J connectivity index is 1.73. The smallest absolute Gasteiger partial charge is 0.223 e. The van der Waals surface area contributed by atoms with Gasteiger partial charge in [0, 0.05) is 30.9 Å². The van der Waals surface area contributed by atoms with Gasteiger partial charge in [-0.2, -0.15) is 0 Å². The molecule has 1 N–H and O–H groups in total. The summed E-state index contributed by atoms with van der Waals surface area (Å²) < 4.78 is 11.1. The summed E-state index contributed by atoms with van der Waals surface area (Å²) in [5.41, 5.74) is 0. The second-order valence-corrected chi connectivity index (χ2v) is 5.54. The summed E-state index contributed by atoms with van der Waals surface area (Å²) in [6, 6.07) is 0. The SMILES string of the molecule is O=C1CC(CO)CN1Cc1scc2c1OCCO2. The predicted octanol–water partition coefficient (Wildman–Crippen LogP) is 0.860. The van der Waals surface area contributed by atoms with Crippen molar-refractivity contribution in [2.45, 2.75) is 13.0 Å². The lowest BCUT2D eigenvalue weighted by Gasteiger charge is -2.19. The van der Waals surface area contributed by atoms with Crippen molar-refractivity contribution in [3.8, 4) is 11.5 Å². The normalized spacial score (nSPS) is 22.6. The first-order valence-corrected chi connectivity index (χ1v) is 6.90. The summed E-state index contributed by atoms with van der Waals surface area (Å²) >= 11 is 1.56. The molecule has 5 nitrogen and oxygen atoms in total. The molecular formula is C12H15NO4S. The molecule has 1 aromatic heterocycles. The molecule has 0 aromatic carbocycles. The van der Waals surface area contributed by atoms with Crippen LogP contribution >= 0.6 is 11.3 Å². The van der Waals surface area contributed by atoms with Gasteiger partial charge in [-0.1, -0.05) is 0 Å². The molecule has 0 bridgehead atoms. The molecule has 6 heteroatoms. The lowest BCUT2D eigenvalue weighted by molar-refractivity contribution is -0.128. The number of aliphatic hydroxyl groups is 1. The lowest BCUT2D eigenvalue weighted by Crippen LogP contribution is -2.25. The number of carbonyl (C=O) groups excluding carboxylic acids is 1. The molecule has 3 heterocycles. The van der Waals surface area contributed by atoms with Crippen LogP contribution in [0.15, 0.2) is 5.38 Å². The number of thiophene rings is 1. The molecule has 0 aliphatic carbocycles. The van der Waals surface area contributed by atoms with Gasteiger partial charge in [0.05, 0.1) is 11.4 Å². The number of hydrogen-bond donors (Lipinski definition) is 1. The number of likely N-dealkylation sites (tertiary alicyclic amines) is 1. The Hall–Kier alpha value is -1.27. The highest BCUT2D eigenvalue weighted by Crippen LogP contribution is 2.40. The van der Waals surface area contributed by atoms with E-state index in [9.17, 15) is 4.79 Å². The molecule has 1 fully saturated rings. The molecule has 2 aliphatic rings. The quantitative estimate of drug-likeness (QED) is 0.884. The van der Waals surface area contributed by atoms with Gasteiger partial charge in [-0.05, 0) is 0 Å². The van der Waals surface area contributed by atoms with Crippen molar-refractivity contribution in [1.29, 1.82) is 0 Å². The second kappa shape index (κ2) is 4.78. The van der Waals surface area contributed by atoms with Crippen molar-refractivity contribution >= 4 is 17.2 Å². The van der Waals surface area contributed by atoms with Crippen LogP contribution in [0.3, 0.4) is 0 Å². The van der Waals surface area contributed by atoms with Crippen LogP contribution in [0.2, 0.25) is 0 Å². The summed E-state index contributed by atoms with van der Waals surface area (Å²) in [7, 11) is 0. The maximum Gasteiger partial charge on any atom is 0.223 e. The van der Waals surface area contributed by atoms with Crippen LogP contribution in [0.1, 0.15) is 11.3 Å². The molecule has 0 spiro atoms. The maximum absolute atomic E-state index is 11.8. The molecule has 0 radical (unpaired) electrons. The van der Waals surface area contributed by atoms with Crippen LogP contribution in [0, 0.1) is 5.92 Å². The highest BCUT2D eigenvalue weighted by Gasteiger charge is 2.30. The van der Waals surface area contributed by atoms with Crippen LogP contribution in [0.5, 0.6) is 11.5 Å². The third-order valence-electron chi connectivity index (χ3n) is 3.26. The van der Waals surface area contributed by atoms with E-state index >= 15 is 0 Å². The Labute approximate surface area is 109 Å². The lowest BCUT2D eigenvalue weighted by atomic mass is 10.1. The Morgan fingerprint density at radius 3 is 3.06 bits per heavy atom. The van der Waals surface area contributed by atoms with Crippen molar-refractivity contribution in [2.75, 3.05) is 26.4 Å². The summed E-state index contributed by atoms with van der Waals surface area (Å²) in [6.45, 7) is 2.40. The van der Waals surface area contributed by atoms with Gasteiger partial charge in [-0.3, -0.25) is 4.79 Å². The van der Waals surface area contributed by atoms with Crippen molar-refractivity contribution < 1.29 is 19.4 Å². The average Bonchev–Trinajstić information content (AvgIpc) is 2.95. The van der Waals surface area contributed by atoms with Crippen LogP contribution in [0.4, 0.5) is 0 Å². The summed E-state index contributed by atoms with van der Waals surface area (Å²) in [5.74, 6) is 1.75. The number of amides is 1. The minimum Gasteiger partial charge on any atom is -0.485 e. The fourth-order valence-electron chi connectivity index (χ4n) is 2.33. The first-order chi connectivity index (χ1) is 8.78. The minimum absolute atomic E-state index is 0.0738. The van der Waals surface area contributed by atoms with Gasteiger partial charge in [0.15, 0.2) is 11.5 Å². The van der Waals surface area contributed by atoms with E-state index in [2.05, 4.69) is 0 Å². The van der Waals surface area contributed by atoms with Gasteiger partial charge in [0.25, 0.3) is 0 Å². The maximum atomic E-state index is 11.8. The molecule has 1 unspecified atom stereocenters. The molecule has 2 aliphatic heterocycles. The number of ether oxygens (including phenoxy) is 2. The van der Waals surface area contributed by atoms with Gasteiger partial charge in [0.2, 0.25) is 5.91 Å². The third-order valence-corrected chi connectivity index (χ3v) is 4.19. The Bertz CT molecular complexity index is 459. The van der Waals surface area contributed by atoms with Gasteiger partial charge in [-0.25, -0.2) is 0 Å². The monoisotopic (exact) mass is 269 g/mol. The van der Waals surface area contributed by atoms with Crippen LogP contribution in [-0.4, -0.2) is 42.3 Å². The molecule has 18 heavy (non-hydrogen) atoms. The molecule has 0 saturated carbocycles. The summed E-state index contributed by atoms with van der Waals surface area (Å²) in [4.78, 5) is 14.6. The van der Waals surface area contributed by atoms with Crippen LogP contribution in [-0.2, 0) is 11.3 Å². The number of aliphatic hydroxyl groups excluding tert-OH is 1. The first-order valence-electron chi connectivity index (χ1n) is 6.02. The van der Waals surface area contributed by atoms with Gasteiger partial charge < -0.3 is 19.5 Å². The molecule has 1 atom stereocenters. The first kappa shape index (κ1) is 11.8. The summed E-state index contributed by atoms with van der Waals surface area (Å²) in [6.07, 6.45) is 0.446. The number of fused-ring (bicyclic) bond motifs is 1.